The molecule has 0 bridgehead atoms. The zero-order valence-corrected chi connectivity index (χ0v) is 11.6. The summed E-state index contributed by atoms with van der Waals surface area (Å²) in [5, 5.41) is 0. The van der Waals surface area contributed by atoms with Crippen LogP contribution in [0.5, 0.6) is 0 Å². The first-order valence-corrected chi connectivity index (χ1v) is 6.32. The molecule has 2 aromatic rings. The van der Waals surface area contributed by atoms with Gasteiger partial charge in [-0.2, -0.15) is 13.2 Å². The Morgan fingerprint density at radius 2 is 1.35 bits per heavy atom. The number of hydrogen-bond acceptors (Lipinski definition) is 1. The highest BCUT2D eigenvalue weighted by molar-refractivity contribution is 5.63. The normalized spacial score (nSPS) is 12.5. The highest BCUT2D eigenvalue weighted by atomic mass is 19.4. The fraction of sp³-hybridized carbons (Fsp3) is 0.312. The van der Waals surface area contributed by atoms with Crippen molar-refractivity contribution in [2.45, 2.75) is 32.4 Å². The fourth-order valence-corrected chi connectivity index (χ4v) is 1.89. The van der Waals surface area contributed by atoms with Gasteiger partial charge in [-0.05, 0) is 22.6 Å². The van der Waals surface area contributed by atoms with Crippen LogP contribution in [0.1, 0.15) is 32.0 Å². The van der Waals surface area contributed by atoms with Crippen LogP contribution in [0.4, 0.5) is 13.2 Å². The second kappa shape index (κ2) is 4.93. The van der Waals surface area contributed by atoms with E-state index < -0.39 is 11.9 Å². The van der Waals surface area contributed by atoms with E-state index >= 15 is 0 Å². The van der Waals surface area contributed by atoms with Crippen LogP contribution in [-0.4, -0.2) is 4.98 Å². The van der Waals surface area contributed by atoms with Gasteiger partial charge >= 0.3 is 6.18 Å². The van der Waals surface area contributed by atoms with E-state index in [0.717, 1.165) is 11.6 Å². The van der Waals surface area contributed by atoms with Crippen molar-refractivity contribution in [3.05, 3.63) is 53.9 Å². The summed E-state index contributed by atoms with van der Waals surface area (Å²) >= 11 is 0. The standard InChI is InChI=1S/C16H16F3N/c1-15(2,3)13-7-4-11(5-8-13)12-6-9-14(20-10-12)16(17,18)19/h4-10H,1-3H3. The van der Waals surface area contributed by atoms with Gasteiger partial charge in [-0.25, -0.2) is 0 Å². The van der Waals surface area contributed by atoms with Crippen LogP contribution < -0.4 is 0 Å². The third-order valence-corrected chi connectivity index (χ3v) is 3.14. The van der Waals surface area contributed by atoms with E-state index in [1.54, 1.807) is 0 Å². The minimum Gasteiger partial charge on any atom is -0.251 e. The summed E-state index contributed by atoms with van der Waals surface area (Å²) in [4.78, 5) is 3.47. The quantitative estimate of drug-likeness (QED) is 0.710. The molecule has 2 rings (SSSR count). The van der Waals surface area contributed by atoms with Crippen LogP contribution in [0.15, 0.2) is 42.6 Å². The Balaban J connectivity index is 2.29. The SMILES string of the molecule is CC(C)(C)c1ccc(-c2ccc(C(F)(F)F)nc2)cc1. The molecule has 0 aliphatic rings. The zero-order chi connectivity index (χ0) is 15.0. The van der Waals surface area contributed by atoms with Gasteiger partial charge in [0.2, 0.25) is 0 Å². The molecule has 0 unspecified atom stereocenters. The molecule has 1 aromatic carbocycles. The highest BCUT2D eigenvalue weighted by Gasteiger charge is 2.32. The number of benzene rings is 1. The molecule has 0 saturated carbocycles. The molecule has 0 spiro atoms. The summed E-state index contributed by atoms with van der Waals surface area (Å²) in [7, 11) is 0. The van der Waals surface area contributed by atoms with Crippen LogP contribution in [0.3, 0.4) is 0 Å². The molecule has 0 saturated heterocycles. The third kappa shape index (κ3) is 3.18. The van der Waals surface area contributed by atoms with E-state index in [-0.39, 0.29) is 5.41 Å². The van der Waals surface area contributed by atoms with Gasteiger partial charge in [-0.1, -0.05) is 51.1 Å². The molecular formula is C16H16F3N. The Bertz CT molecular complexity index is 520. The van der Waals surface area contributed by atoms with Crippen LogP contribution in [0.2, 0.25) is 0 Å². The summed E-state index contributed by atoms with van der Waals surface area (Å²) in [5.74, 6) is 0. The molecule has 106 valence electrons. The van der Waals surface area contributed by atoms with Gasteiger partial charge in [0.15, 0.2) is 0 Å². The molecule has 0 aliphatic carbocycles. The van der Waals surface area contributed by atoms with Crippen LogP contribution >= 0.6 is 0 Å². The van der Waals surface area contributed by atoms with Gasteiger partial charge in [0, 0.05) is 11.8 Å². The van der Waals surface area contributed by atoms with Crippen molar-refractivity contribution in [2.75, 3.05) is 0 Å². The molecule has 0 fully saturated rings. The van der Waals surface area contributed by atoms with Gasteiger partial charge in [0.05, 0.1) is 0 Å². The summed E-state index contributed by atoms with van der Waals surface area (Å²) in [6, 6.07) is 10.3. The molecule has 1 aromatic heterocycles. The monoisotopic (exact) mass is 279 g/mol. The fourth-order valence-electron chi connectivity index (χ4n) is 1.89. The lowest BCUT2D eigenvalue weighted by Crippen LogP contribution is -2.10. The summed E-state index contributed by atoms with van der Waals surface area (Å²) < 4.78 is 37.3. The lowest BCUT2D eigenvalue weighted by atomic mass is 9.86. The zero-order valence-electron chi connectivity index (χ0n) is 11.6. The van der Waals surface area contributed by atoms with Crippen molar-refractivity contribution in [3.8, 4) is 11.1 Å². The molecule has 1 nitrogen and oxygen atoms in total. The van der Waals surface area contributed by atoms with Gasteiger partial charge in [0.1, 0.15) is 5.69 Å². The average Bonchev–Trinajstić information content (AvgIpc) is 2.37. The second-order valence-electron chi connectivity index (χ2n) is 5.76. The Labute approximate surface area is 116 Å². The maximum atomic E-state index is 12.4. The Hall–Kier alpha value is -1.84. The van der Waals surface area contributed by atoms with E-state index in [1.165, 1.54) is 17.8 Å². The topological polar surface area (TPSA) is 12.9 Å². The lowest BCUT2D eigenvalue weighted by Gasteiger charge is -2.19. The van der Waals surface area contributed by atoms with Gasteiger partial charge in [-0.15, -0.1) is 0 Å². The van der Waals surface area contributed by atoms with Crippen molar-refractivity contribution in [1.29, 1.82) is 0 Å². The number of pyridine rings is 1. The molecular weight excluding hydrogens is 263 g/mol. The molecule has 0 atom stereocenters. The molecule has 0 aliphatic heterocycles. The van der Waals surface area contributed by atoms with Crippen molar-refractivity contribution < 1.29 is 13.2 Å². The lowest BCUT2D eigenvalue weighted by molar-refractivity contribution is -0.141. The Kier molecular flexibility index (Phi) is 3.59. The molecule has 20 heavy (non-hydrogen) atoms. The van der Waals surface area contributed by atoms with Gasteiger partial charge in [-0.3, -0.25) is 4.98 Å². The smallest absolute Gasteiger partial charge is 0.251 e. The van der Waals surface area contributed by atoms with E-state index in [1.807, 2.05) is 24.3 Å². The van der Waals surface area contributed by atoms with Crippen molar-refractivity contribution in [1.82, 2.24) is 4.98 Å². The van der Waals surface area contributed by atoms with E-state index in [9.17, 15) is 13.2 Å². The van der Waals surface area contributed by atoms with E-state index in [2.05, 4.69) is 25.8 Å². The predicted molar refractivity (Wildman–Crippen MR) is 73.4 cm³/mol. The molecule has 0 N–H and O–H groups in total. The average molecular weight is 279 g/mol. The number of rotatable bonds is 1. The van der Waals surface area contributed by atoms with Crippen LogP contribution in [0.25, 0.3) is 11.1 Å². The number of halogens is 3. The predicted octanol–water partition coefficient (Wildman–Crippen LogP) is 5.06. The minimum atomic E-state index is -4.39. The van der Waals surface area contributed by atoms with Crippen molar-refractivity contribution in [3.63, 3.8) is 0 Å². The van der Waals surface area contributed by atoms with Crippen LogP contribution in [0, 0.1) is 0 Å². The number of hydrogen-bond donors (Lipinski definition) is 0. The van der Waals surface area contributed by atoms with Crippen molar-refractivity contribution in [2.24, 2.45) is 0 Å². The molecule has 4 heteroatoms. The van der Waals surface area contributed by atoms with E-state index in [4.69, 9.17) is 0 Å². The number of aromatic nitrogens is 1. The first-order chi connectivity index (χ1) is 9.18. The number of nitrogens with zero attached hydrogens (tertiary/aromatic N) is 1. The number of alkyl halides is 3. The highest BCUT2D eigenvalue weighted by Crippen LogP contribution is 2.30. The largest absolute Gasteiger partial charge is 0.433 e. The Morgan fingerprint density at radius 1 is 0.800 bits per heavy atom. The first-order valence-electron chi connectivity index (χ1n) is 6.32. The molecule has 0 radical (unpaired) electrons. The third-order valence-electron chi connectivity index (χ3n) is 3.14. The maximum absolute atomic E-state index is 12.4. The van der Waals surface area contributed by atoms with Crippen LogP contribution in [-0.2, 0) is 11.6 Å². The van der Waals surface area contributed by atoms with Gasteiger partial charge < -0.3 is 0 Å². The second-order valence-corrected chi connectivity index (χ2v) is 5.76. The van der Waals surface area contributed by atoms with E-state index in [0.29, 0.717) is 5.56 Å². The first kappa shape index (κ1) is 14.6. The van der Waals surface area contributed by atoms with Crippen molar-refractivity contribution >= 4 is 0 Å². The maximum Gasteiger partial charge on any atom is 0.433 e. The summed E-state index contributed by atoms with van der Waals surface area (Å²) in [6.45, 7) is 6.34. The molecule has 1 heterocycles. The summed E-state index contributed by atoms with van der Waals surface area (Å²) in [5.41, 5.74) is 1.91. The molecule has 0 amide bonds. The Morgan fingerprint density at radius 3 is 1.75 bits per heavy atom. The minimum absolute atomic E-state index is 0.0525. The van der Waals surface area contributed by atoms with Gasteiger partial charge in [0.25, 0.3) is 0 Å². The summed E-state index contributed by atoms with van der Waals surface area (Å²) in [6.07, 6.45) is -3.14.